The molecule has 1 aliphatic rings. The highest BCUT2D eigenvalue weighted by Gasteiger charge is 2.33. The van der Waals surface area contributed by atoms with Crippen molar-refractivity contribution in [3.63, 3.8) is 0 Å². The van der Waals surface area contributed by atoms with E-state index in [2.05, 4.69) is 0 Å². The van der Waals surface area contributed by atoms with Crippen LogP contribution in [0.2, 0.25) is 5.02 Å². The molecule has 0 radical (unpaired) electrons. The van der Waals surface area contributed by atoms with E-state index in [-0.39, 0.29) is 11.7 Å². The van der Waals surface area contributed by atoms with Gasteiger partial charge in [-0.3, -0.25) is 9.59 Å². The average molecular weight is 374 g/mol. The van der Waals surface area contributed by atoms with Crippen LogP contribution in [0.15, 0.2) is 84.9 Å². The van der Waals surface area contributed by atoms with Gasteiger partial charge in [0.15, 0.2) is 5.78 Å². The second-order valence-electron chi connectivity index (χ2n) is 6.33. The largest absolute Gasteiger partial charge is 0.303 e. The fourth-order valence-corrected chi connectivity index (χ4v) is 3.38. The van der Waals surface area contributed by atoms with E-state index in [0.717, 1.165) is 11.3 Å². The number of amides is 1. The summed E-state index contributed by atoms with van der Waals surface area (Å²) in [6.45, 7) is 0.436. The molecule has 3 aromatic rings. The quantitative estimate of drug-likeness (QED) is 0.468. The van der Waals surface area contributed by atoms with Crippen LogP contribution >= 0.6 is 11.6 Å². The highest BCUT2D eigenvalue weighted by molar-refractivity contribution is 6.37. The zero-order valence-corrected chi connectivity index (χ0v) is 15.2. The zero-order valence-electron chi connectivity index (χ0n) is 14.4. The molecule has 1 heterocycles. The Balaban J connectivity index is 1.75. The normalized spacial score (nSPS) is 14.5. The van der Waals surface area contributed by atoms with Crippen molar-refractivity contribution in [1.82, 2.24) is 0 Å². The first kappa shape index (κ1) is 17.3. The van der Waals surface area contributed by atoms with Crippen LogP contribution in [0.3, 0.4) is 0 Å². The number of nitrogens with zero attached hydrogens (tertiary/aromatic N) is 1. The molecule has 27 heavy (non-hydrogen) atoms. The number of hydrogen-bond donors (Lipinski definition) is 0. The van der Waals surface area contributed by atoms with Gasteiger partial charge in [0.25, 0.3) is 5.91 Å². The summed E-state index contributed by atoms with van der Waals surface area (Å²) in [4.78, 5) is 27.4. The number of ketones is 1. The van der Waals surface area contributed by atoms with Crippen molar-refractivity contribution in [3.8, 4) is 0 Å². The van der Waals surface area contributed by atoms with Gasteiger partial charge in [-0.15, -0.1) is 0 Å². The molecule has 3 nitrogen and oxygen atoms in total. The van der Waals surface area contributed by atoms with E-state index in [1.54, 1.807) is 41.3 Å². The Morgan fingerprint density at radius 3 is 2.30 bits per heavy atom. The summed E-state index contributed by atoms with van der Waals surface area (Å²) in [6.07, 6.45) is 1.41. The highest BCUT2D eigenvalue weighted by atomic mass is 35.5. The molecule has 0 bridgehead atoms. The van der Waals surface area contributed by atoms with Crippen LogP contribution in [-0.2, 0) is 11.3 Å². The first-order valence-electron chi connectivity index (χ1n) is 8.60. The van der Waals surface area contributed by atoms with Crippen molar-refractivity contribution in [1.29, 1.82) is 0 Å². The first-order chi connectivity index (χ1) is 13.1. The molecular weight excluding hydrogens is 358 g/mol. The summed E-state index contributed by atoms with van der Waals surface area (Å²) < 4.78 is 0. The molecular formula is C23H16ClNO2. The lowest BCUT2D eigenvalue weighted by Gasteiger charge is -2.17. The molecule has 1 amide bonds. The number of allylic oxidation sites excluding steroid dienone is 1. The summed E-state index contributed by atoms with van der Waals surface area (Å²) in [5, 5.41) is 0.529. The van der Waals surface area contributed by atoms with Gasteiger partial charge < -0.3 is 4.90 Å². The van der Waals surface area contributed by atoms with Crippen LogP contribution in [0.1, 0.15) is 21.5 Å². The second kappa shape index (κ2) is 7.22. The van der Waals surface area contributed by atoms with Crippen molar-refractivity contribution in [2.75, 3.05) is 4.90 Å². The molecule has 0 saturated carbocycles. The molecule has 0 spiro atoms. The van der Waals surface area contributed by atoms with Gasteiger partial charge in [-0.25, -0.2) is 0 Å². The van der Waals surface area contributed by atoms with E-state index in [9.17, 15) is 9.59 Å². The van der Waals surface area contributed by atoms with Crippen LogP contribution < -0.4 is 4.90 Å². The SMILES string of the molecule is O=C(/C=C1/C(=O)N(Cc2ccccc2)c2ccc(Cl)cc21)c1ccccc1. The van der Waals surface area contributed by atoms with E-state index < -0.39 is 0 Å². The zero-order chi connectivity index (χ0) is 18.8. The van der Waals surface area contributed by atoms with Crippen molar-refractivity contribution in [3.05, 3.63) is 107 Å². The molecule has 0 saturated heterocycles. The van der Waals surface area contributed by atoms with Crippen molar-refractivity contribution in [2.45, 2.75) is 6.54 Å². The topological polar surface area (TPSA) is 37.4 Å². The van der Waals surface area contributed by atoms with Gasteiger partial charge in [0.1, 0.15) is 0 Å². The van der Waals surface area contributed by atoms with E-state index in [4.69, 9.17) is 11.6 Å². The van der Waals surface area contributed by atoms with Gasteiger partial charge in [-0.1, -0.05) is 72.3 Å². The average Bonchev–Trinajstić information content (AvgIpc) is 2.94. The molecule has 0 aliphatic carbocycles. The first-order valence-corrected chi connectivity index (χ1v) is 8.98. The Bertz CT molecular complexity index is 1040. The lowest BCUT2D eigenvalue weighted by atomic mass is 10.0. The standard InChI is InChI=1S/C23H16ClNO2/c24-18-11-12-21-19(13-18)20(14-22(26)17-9-5-2-6-10-17)23(27)25(21)15-16-7-3-1-4-8-16/h1-14H,15H2/b20-14+. The third-order valence-electron chi connectivity index (χ3n) is 4.53. The molecule has 132 valence electrons. The Hall–Kier alpha value is -3.17. The molecule has 0 aromatic heterocycles. The Labute approximate surface area is 162 Å². The third kappa shape index (κ3) is 3.42. The van der Waals surface area contributed by atoms with Crippen LogP contribution in [0, 0.1) is 0 Å². The van der Waals surface area contributed by atoms with Gasteiger partial charge in [-0.05, 0) is 29.8 Å². The summed E-state index contributed by atoms with van der Waals surface area (Å²) >= 11 is 6.16. The maximum Gasteiger partial charge on any atom is 0.259 e. The molecule has 0 atom stereocenters. The van der Waals surface area contributed by atoms with E-state index >= 15 is 0 Å². The van der Waals surface area contributed by atoms with E-state index in [1.807, 2.05) is 42.5 Å². The van der Waals surface area contributed by atoms with Crippen molar-refractivity contribution >= 4 is 34.6 Å². The number of halogens is 1. The fraction of sp³-hybridized carbons (Fsp3) is 0.0435. The minimum absolute atomic E-state index is 0.194. The van der Waals surface area contributed by atoms with Crippen LogP contribution in [0.4, 0.5) is 5.69 Å². The predicted octanol–water partition coefficient (Wildman–Crippen LogP) is 5.15. The lowest BCUT2D eigenvalue weighted by Crippen LogP contribution is -2.25. The van der Waals surface area contributed by atoms with Gasteiger partial charge in [0.2, 0.25) is 0 Å². The minimum atomic E-state index is -0.202. The molecule has 4 heteroatoms. The van der Waals surface area contributed by atoms with Crippen LogP contribution in [-0.4, -0.2) is 11.7 Å². The molecule has 0 unspecified atom stereocenters. The fourth-order valence-electron chi connectivity index (χ4n) is 3.21. The number of benzene rings is 3. The Kier molecular flexibility index (Phi) is 4.61. The smallest absolute Gasteiger partial charge is 0.259 e. The summed E-state index contributed by atoms with van der Waals surface area (Å²) in [7, 11) is 0. The van der Waals surface area contributed by atoms with Gasteiger partial charge in [0.05, 0.1) is 17.8 Å². The Morgan fingerprint density at radius 1 is 0.926 bits per heavy atom. The Morgan fingerprint density at radius 2 is 1.59 bits per heavy atom. The van der Waals surface area contributed by atoms with E-state index in [0.29, 0.717) is 28.3 Å². The minimum Gasteiger partial charge on any atom is -0.303 e. The van der Waals surface area contributed by atoms with Crippen LogP contribution in [0.25, 0.3) is 5.57 Å². The maximum atomic E-state index is 13.1. The summed E-state index contributed by atoms with van der Waals surface area (Å²) in [5.74, 6) is -0.396. The predicted molar refractivity (Wildman–Crippen MR) is 108 cm³/mol. The van der Waals surface area contributed by atoms with Crippen molar-refractivity contribution < 1.29 is 9.59 Å². The number of anilines is 1. The van der Waals surface area contributed by atoms with Crippen LogP contribution in [0.5, 0.6) is 0 Å². The molecule has 1 aliphatic heterocycles. The number of rotatable bonds is 4. The molecule has 3 aromatic carbocycles. The number of carbonyl (C=O) groups is 2. The maximum absolute atomic E-state index is 13.1. The number of fused-ring (bicyclic) bond motifs is 1. The lowest BCUT2D eigenvalue weighted by molar-refractivity contribution is -0.113. The van der Waals surface area contributed by atoms with Gasteiger partial charge >= 0.3 is 0 Å². The summed E-state index contributed by atoms with van der Waals surface area (Å²) in [5.41, 5.74) is 3.38. The van der Waals surface area contributed by atoms with Gasteiger partial charge in [0, 0.05) is 16.1 Å². The van der Waals surface area contributed by atoms with E-state index in [1.165, 1.54) is 6.08 Å². The summed E-state index contributed by atoms with van der Waals surface area (Å²) in [6, 6.07) is 24.0. The highest BCUT2D eigenvalue weighted by Crippen LogP contribution is 2.39. The molecule has 0 fully saturated rings. The number of hydrogen-bond acceptors (Lipinski definition) is 2. The van der Waals surface area contributed by atoms with Gasteiger partial charge in [-0.2, -0.15) is 0 Å². The molecule has 0 N–H and O–H groups in total. The number of carbonyl (C=O) groups excluding carboxylic acids is 2. The molecule has 4 rings (SSSR count). The second-order valence-corrected chi connectivity index (χ2v) is 6.76. The van der Waals surface area contributed by atoms with Crippen molar-refractivity contribution in [2.24, 2.45) is 0 Å². The third-order valence-corrected chi connectivity index (χ3v) is 4.77. The monoisotopic (exact) mass is 373 g/mol.